The van der Waals surface area contributed by atoms with Gasteiger partial charge in [-0.05, 0) is 25.0 Å². The molecule has 0 bridgehead atoms. The van der Waals surface area contributed by atoms with Crippen molar-refractivity contribution in [2.24, 2.45) is 4.99 Å². The van der Waals surface area contributed by atoms with Gasteiger partial charge >= 0.3 is 0 Å². The maximum atomic E-state index is 12.0. The van der Waals surface area contributed by atoms with E-state index >= 15 is 0 Å². The van der Waals surface area contributed by atoms with Gasteiger partial charge in [0.25, 0.3) is 5.91 Å². The number of guanidine groups is 1. The number of benzene rings is 1. The van der Waals surface area contributed by atoms with Crippen LogP contribution in [0.2, 0.25) is 0 Å². The largest absolute Gasteiger partial charge is 0.492 e. The van der Waals surface area contributed by atoms with Crippen molar-refractivity contribution < 1.29 is 19.4 Å². The third-order valence-electron chi connectivity index (χ3n) is 5.69. The Kier molecular flexibility index (Phi) is 6.71. The van der Waals surface area contributed by atoms with Crippen molar-refractivity contribution in [3.05, 3.63) is 36.4 Å². The van der Waals surface area contributed by atoms with Gasteiger partial charge in [-0.25, -0.2) is 9.98 Å². The fourth-order valence-corrected chi connectivity index (χ4v) is 4.02. The summed E-state index contributed by atoms with van der Waals surface area (Å²) in [5.74, 6) is 1.55. The van der Waals surface area contributed by atoms with Gasteiger partial charge in [-0.2, -0.15) is 0 Å². The summed E-state index contributed by atoms with van der Waals surface area (Å²) in [6.45, 7) is 1.80. The van der Waals surface area contributed by atoms with Crippen molar-refractivity contribution in [3.63, 3.8) is 0 Å². The zero-order valence-corrected chi connectivity index (χ0v) is 17.8. The van der Waals surface area contributed by atoms with Gasteiger partial charge in [0.2, 0.25) is 5.96 Å². The van der Waals surface area contributed by atoms with Gasteiger partial charge < -0.3 is 24.0 Å². The molecule has 1 aromatic carbocycles. The quantitative estimate of drug-likeness (QED) is 0.533. The van der Waals surface area contributed by atoms with Crippen LogP contribution in [0, 0.1) is 0 Å². The molecule has 2 aliphatic heterocycles. The molecule has 1 saturated heterocycles. The number of hydrogen-bond acceptors (Lipinski definition) is 7. The maximum Gasteiger partial charge on any atom is 0.251 e. The lowest BCUT2D eigenvalue weighted by molar-refractivity contribution is -0.122. The molecule has 9 nitrogen and oxygen atoms in total. The number of aryl methyl sites for hydroxylation is 1. The number of ether oxygens (including phenoxy) is 2. The minimum absolute atomic E-state index is 0.241. The van der Waals surface area contributed by atoms with Gasteiger partial charge in [0, 0.05) is 24.5 Å². The van der Waals surface area contributed by atoms with Crippen LogP contribution in [0.1, 0.15) is 37.7 Å². The van der Waals surface area contributed by atoms with Crippen LogP contribution in [-0.4, -0.2) is 57.8 Å². The zero-order valence-electron chi connectivity index (χ0n) is 17.8. The third kappa shape index (κ3) is 4.66. The Morgan fingerprint density at radius 3 is 2.84 bits per heavy atom. The average Bonchev–Trinajstić information content (AvgIpc) is 3.40. The van der Waals surface area contributed by atoms with E-state index in [1.807, 2.05) is 30.9 Å². The molecule has 1 aromatic heterocycles. The van der Waals surface area contributed by atoms with Crippen LogP contribution in [0.3, 0.4) is 0 Å². The second-order valence-electron chi connectivity index (χ2n) is 7.76. The summed E-state index contributed by atoms with van der Waals surface area (Å²) in [6, 6.07) is 3.12. The van der Waals surface area contributed by atoms with Crippen LogP contribution in [0.25, 0.3) is 0 Å². The summed E-state index contributed by atoms with van der Waals surface area (Å²) < 4.78 is 13.8. The molecule has 2 N–H and O–H groups in total. The first-order valence-electron chi connectivity index (χ1n) is 10.8. The second kappa shape index (κ2) is 9.82. The van der Waals surface area contributed by atoms with Crippen molar-refractivity contribution in [1.29, 1.82) is 0 Å². The zero-order chi connectivity index (χ0) is 21.6. The SMILES string of the molecule is COc1c(OCCCCCCCn2ccnc2)ccc2c1CN1C(=N2)NC(=O)C1CO. The van der Waals surface area contributed by atoms with Gasteiger partial charge in [-0.3, -0.25) is 10.1 Å². The number of hydrogen-bond donors (Lipinski definition) is 2. The molecule has 31 heavy (non-hydrogen) atoms. The average molecular weight is 428 g/mol. The third-order valence-corrected chi connectivity index (χ3v) is 5.69. The number of unbranched alkanes of at least 4 members (excludes halogenated alkanes) is 4. The number of aliphatic hydroxyl groups excluding tert-OH is 1. The lowest BCUT2D eigenvalue weighted by atomic mass is 10.1. The Morgan fingerprint density at radius 1 is 1.23 bits per heavy atom. The highest BCUT2D eigenvalue weighted by molar-refractivity contribution is 6.08. The Morgan fingerprint density at radius 2 is 2.06 bits per heavy atom. The Bertz CT molecular complexity index is 928. The van der Waals surface area contributed by atoms with Crippen molar-refractivity contribution in [2.45, 2.75) is 51.2 Å². The van der Waals surface area contributed by atoms with Gasteiger partial charge in [0.1, 0.15) is 6.04 Å². The molecule has 0 spiro atoms. The fraction of sp³-hybridized carbons (Fsp3) is 0.500. The summed E-state index contributed by atoms with van der Waals surface area (Å²) in [5, 5.41) is 12.3. The molecule has 166 valence electrons. The summed E-state index contributed by atoms with van der Waals surface area (Å²) in [4.78, 5) is 22.4. The Balaban J connectivity index is 1.27. The molecule has 2 aliphatic rings. The van der Waals surface area contributed by atoms with E-state index in [4.69, 9.17) is 9.47 Å². The lowest BCUT2D eigenvalue weighted by Crippen LogP contribution is -2.39. The van der Waals surface area contributed by atoms with Crippen LogP contribution < -0.4 is 14.8 Å². The molecular formula is C22H29N5O4. The molecule has 3 heterocycles. The van der Waals surface area contributed by atoms with Gasteiger partial charge in [-0.1, -0.05) is 19.3 Å². The topological polar surface area (TPSA) is 101 Å². The number of carbonyl (C=O) groups is 1. The van der Waals surface area contributed by atoms with Crippen LogP contribution in [0.4, 0.5) is 5.69 Å². The van der Waals surface area contributed by atoms with Crippen molar-refractivity contribution in [2.75, 3.05) is 20.3 Å². The second-order valence-corrected chi connectivity index (χ2v) is 7.76. The van der Waals surface area contributed by atoms with Crippen molar-refractivity contribution in [1.82, 2.24) is 19.8 Å². The number of carbonyl (C=O) groups excluding carboxylic acids is 1. The van der Waals surface area contributed by atoms with E-state index in [0.29, 0.717) is 30.6 Å². The molecule has 1 unspecified atom stereocenters. The van der Waals surface area contributed by atoms with Gasteiger partial charge in [-0.15, -0.1) is 0 Å². The summed E-state index contributed by atoms with van der Waals surface area (Å²) >= 11 is 0. The predicted molar refractivity (Wildman–Crippen MR) is 115 cm³/mol. The van der Waals surface area contributed by atoms with Crippen molar-refractivity contribution >= 4 is 17.6 Å². The first-order valence-corrected chi connectivity index (χ1v) is 10.8. The molecule has 9 heteroatoms. The number of aliphatic hydroxyl groups is 1. The number of imidazole rings is 1. The first-order chi connectivity index (χ1) is 15.2. The highest BCUT2D eigenvalue weighted by Gasteiger charge is 2.39. The highest BCUT2D eigenvalue weighted by Crippen LogP contribution is 2.41. The van der Waals surface area contributed by atoms with Crippen LogP contribution >= 0.6 is 0 Å². The molecule has 0 saturated carbocycles. The van der Waals surface area contributed by atoms with E-state index < -0.39 is 6.04 Å². The molecule has 1 fully saturated rings. The predicted octanol–water partition coefficient (Wildman–Crippen LogP) is 2.22. The first kappa shape index (κ1) is 21.2. The minimum atomic E-state index is -0.630. The van der Waals surface area contributed by atoms with Crippen molar-refractivity contribution in [3.8, 4) is 11.5 Å². The number of amides is 1. The number of nitrogens with one attached hydrogen (secondary N) is 1. The number of nitrogens with zero attached hydrogens (tertiary/aromatic N) is 4. The minimum Gasteiger partial charge on any atom is -0.492 e. The van der Waals surface area contributed by atoms with E-state index in [1.54, 1.807) is 12.0 Å². The number of aromatic nitrogens is 2. The van der Waals surface area contributed by atoms with Gasteiger partial charge in [0.15, 0.2) is 11.5 Å². The molecule has 1 amide bonds. The Labute approximate surface area is 181 Å². The molecular weight excluding hydrogens is 398 g/mol. The Hall–Kier alpha value is -3.07. The van der Waals surface area contributed by atoms with Crippen LogP contribution in [-0.2, 0) is 17.9 Å². The standard InChI is InChI=1S/C22H29N5O4/c1-30-20-16-13-27-18(14-28)21(29)25-22(27)24-17(16)7-8-19(20)31-12-6-4-2-3-5-10-26-11-9-23-15-26/h7-9,11,15,18,28H,2-6,10,12-14H2,1H3,(H,24,25,29). The van der Waals surface area contributed by atoms with Gasteiger partial charge in [0.05, 0.1) is 38.9 Å². The van der Waals surface area contributed by atoms with Crippen LogP contribution in [0.15, 0.2) is 35.8 Å². The molecule has 0 radical (unpaired) electrons. The smallest absolute Gasteiger partial charge is 0.251 e. The molecule has 4 rings (SSSR count). The molecule has 2 aromatic rings. The van der Waals surface area contributed by atoms with E-state index in [0.717, 1.165) is 37.1 Å². The van der Waals surface area contributed by atoms with E-state index in [2.05, 4.69) is 19.9 Å². The lowest BCUT2D eigenvalue weighted by Gasteiger charge is -2.28. The monoisotopic (exact) mass is 427 g/mol. The highest BCUT2D eigenvalue weighted by atomic mass is 16.5. The normalized spacial score (nSPS) is 17.1. The summed E-state index contributed by atoms with van der Waals surface area (Å²) in [6.07, 6.45) is 11.3. The number of rotatable bonds is 11. The number of fused-ring (bicyclic) bond motifs is 2. The fourth-order valence-electron chi connectivity index (χ4n) is 4.02. The maximum absolute atomic E-state index is 12.0. The van der Waals surface area contributed by atoms with E-state index in [1.165, 1.54) is 12.8 Å². The van der Waals surface area contributed by atoms with E-state index in [-0.39, 0.29) is 12.5 Å². The number of methoxy groups -OCH3 is 1. The molecule has 0 aliphatic carbocycles. The summed E-state index contributed by atoms with van der Waals surface area (Å²) in [5.41, 5.74) is 1.60. The van der Waals surface area contributed by atoms with E-state index in [9.17, 15) is 9.90 Å². The summed E-state index contributed by atoms with van der Waals surface area (Å²) in [7, 11) is 1.61. The number of aliphatic imine (C=N–C) groups is 1. The van der Waals surface area contributed by atoms with Crippen LogP contribution in [0.5, 0.6) is 11.5 Å². The molecule has 1 atom stereocenters.